The zero-order valence-electron chi connectivity index (χ0n) is 25.8. The quantitative estimate of drug-likeness (QED) is 0.249. The predicted molar refractivity (Wildman–Crippen MR) is 173 cm³/mol. The van der Waals surface area contributed by atoms with Crippen LogP contribution in [0.4, 0.5) is 14.6 Å². The topological polar surface area (TPSA) is 108 Å². The summed E-state index contributed by atoms with van der Waals surface area (Å²) >= 11 is 6.59. The summed E-state index contributed by atoms with van der Waals surface area (Å²) in [5, 5.41) is 11.8. The smallest absolute Gasteiger partial charge is 0.319 e. The molecule has 10 nitrogen and oxygen atoms in total. The largest absolute Gasteiger partial charge is 0.463 e. The molecular formula is C34H32ClF2N7O3. The lowest BCUT2D eigenvalue weighted by molar-refractivity contribution is -0.131. The number of aromatic nitrogens is 3. The van der Waals surface area contributed by atoms with E-state index < -0.39 is 23.6 Å². The number of likely N-dealkylation sites (N-methyl/N-ethyl adjacent to an activating group) is 1. The Balaban J connectivity index is 1.33. The number of ether oxygens (including phenoxy) is 2. The highest BCUT2D eigenvalue weighted by molar-refractivity contribution is 6.36. The van der Waals surface area contributed by atoms with Gasteiger partial charge in [-0.25, -0.2) is 8.78 Å². The van der Waals surface area contributed by atoms with E-state index in [1.807, 2.05) is 29.2 Å². The highest BCUT2D eigenvalue weighted by Crippen LogP contribution is 2.42. The van der Waals surface area contributed by atoms with Crippen LogP contribution in [0.1, 0.15) is 12.8 Å². The van der Waals surface area contributed by atoms with Crippen LogP contribution in [0.5, 0.6) is 6.01 Å². The van der Waals surface area contributed by atoms with Gasteiger partial charge in [0.2, 0.25) is 0 Å². The van der Waals surface area contributed by atoms with Gasteiger partial charge < -0.3 is 24.2 Å². The van der Waals surface area contributed by atoms with Crippen molar-refractivity contribution in [1.82, 2.24) is 24.8 Å². The maximum atomic E-state index is 16.8. The molecule has 5 heterocycles. The van der Waals surface area contributed by atoms with Crippen molar-refractivity contribution in [3.63, 3.8) is 0 Å². The Bertz CT molecular complexity index is 1950. The van der Waals surface area contributed by atoms with Gasteiger partial charge in [0.1, 0.15) is 23.6 Å². The van der Waals surface area contributed by atoms with E-state index in [0.717, 1.165) is 18.4 Å². The number of hydrogen-bond donors (Lipinski definition) is 0. The molecule has 3 atom stereocenters. The monoisotopic (exact) mass is 659 g/mol. The molecule has 1 amide bonds. The van der Waals surface area contributed by atoms with Crippen LogP contribution in [0.2, 0.25) is 5.02 Å². The summed E-state index contributed by atoms with van der Waals surface area (Å²) in [7, 11) is 2.06. The number of amides is 1. The van der Waals surface area contributed by atoms with Crippen molar-refractivity contribution in [2.75, 3.05) is 57.9 Å². The summed E-state index contributed by atoms with van der Waals surface area (Å²) in [6.45, 7) is 5.96. The molecule has 3 aliphatic heterocycles. The van der Waals surface area contributed by atoms with Crippen LogP contribution in [0, 0.1) is 22.6 Å². The van der Waals surface area contributed by atoms with Crippen molar-refractivity contribution in [1.29, 1.82) is 5.26 Å². The first-order chi connectivity index (χ1) is 22.7. The Kier molecular flexibility index (Phi) is 8.16. The van der Waals surface area contributed by atoms with Gasteiger partial charge in [0.15, 0.2) is 11.6 Å². The van der Waals surface area contributed by atoms with Crippen molar-refractivity contribution < 1.29 is 23.0 Å². The molecule has 0 aliphatic carbocycles. The van der Waals surface area contributed by atoms with Crippen LogP contribution in [0.3, 0.4) is 0 Å². The van der Waals surface area contributed by atoms with Crippen molar-refractivity contribution in [2.24, 2.45) is 5.41 Å². The SMILES string of the molecule is C=C(F)C(=O)N1CCN(c2nc(OCC34CCN(C)C3COC4)nc3c(F)c(-c4cccc5cccc(Cl)c45)ncc23)C[C@@H]1CC#N. The zero-order chi connectivity index (χ0) is 32.9. The molecule has 3 fully saturated rings. The summed E-state index contributed by atoms with van der Waals surface area (Å²) in [5.74, 6) is -2.28. The number of nitrogens with zero attached hydrogens (tertiary/aromatic N) is 7. The third-order valence-electron chi connectivity index (χ3n) is 9.71. The Morgan fingerprint density at radius 2 is 2.04 bits per heavy atom. The first-order valence-corrected chi connectivity index (χ1v) is 15.8. The highest BCUT2D eigenvalue weighted by atomic mass is 35.5. The summed E-state index contributed by atoms with van der Waals surface area (Å²) < 4.78 is 42.7. The Hall–Kier alpha value is -4.44. The van der Waals surface area contributed by atoms with Gasteiger partial charge in [0, 0.05) is 53.3 Å². The van der Waals surface area contributed by atoms with E-state index in [9.17, 15) is 14.4 Å². The fourth-order valence-corrected chi connectivity index (χ4v) is 7.50. The van der Waals surface area contributed by atoms with Crippen LogP contribution < -0.4 is 9.64 Å². The number of fused-ring (bicyclic) bond motifs is 3. The second-order valence-electron chi connectivity index (χ2n) is 12.4. The number of likely N-dealkylation sites (tertiary alicyclic amines) is 1. The van der Waals surface area contributed by atoms with E-state index in [4.69, 9.17) is 26.1 Å². The minimum absolute atomic E-state index is 0.00629. The zero-order valence-corrected chi connectivity index (χ0v) is 26.5. The van der Waals surface area contributed by atoms with E-state index in [1.54, 1.807) is 12.1 Å². The molecule has 0 saturated carbocycles. The molecule has 3 aliphatic rings. The van der Waals surface area contributed by atoms with E-state index in [1.165, 1.54) is 11.1 Å². The summed E-state index contributed by atoms with van der Waals surface area (Å²) in [5.41, 5.74) is 0.354. The molecule has 47 heavy (non-hydrogen) atoms. The number of nitriles is 1. The number of halogens is 3. The number of benzene rings is 2. The lowest BCUT2D eigenvalue weighted by Gasteiger charge is -2.41. The van der Waals surface area contributed by atoms with Gasteiger partial charge in [-0.1, -0.05) is 48.5 Å². The Morgan fingerprint density at radius 1 is 1.23 bits per heavy atom. The number of hydrogen-bond acceptors (Lipinski definition) is 9. The van der Waals surface area contributed by atoms with Crippen molar-refractivity contribution in [3.05, 3.63) is 65.8 Å². The summed E-state index contributed by atoms with van der Waals surface area (Å²) in [4.78, 5) is 31.8. The molecule has 0 radical (unpaired) electrons. The van der Waals surface area contributed by atoms with Gasteiger partial charge >= 0.3 is 6.01 Å². The normalized spacial score (nSPS) is 22.9. The number of carbonyl (C=O) groups is 1. The van der Waals surface area contributed by atoms with Gasteiger partial charge in [-0.3, -0.25) is 9.78 Å². The second kappa shape index (κ2) is 12.3. The van der Waals surface area contributed by atoms with Crippen LogP contribution in [0.25, 0.3) is 32.9 Å². The minimum Gasteiger partial charge on any atom is -0.463 e. The summed E-state index contributed by atoms with van der Waals surface area (Å²) in [6.07, 6.45) is 2.36. The maximum Gasteiger partial charge on any atom is 0.319 e. The van der Waals surface area contributed by atoms with Crippen molar-refractivity contribution in [2.45, 2.75) is 24.9 Å². The lowest BCUT2D eigenvalue weighted by Crippen LogP contribution is -2.55. The highest BCUT2D eigenvalue weighted by Gasteiger charge is 2.51. The molecule has 0 N–H and O–H groups in total. The molecule has 2 aromatic carbocycles. The Labute approximate surface area is 275 Å². The molecule has 2 aromatic heterocycles. The Morgan fingerprint density at radius 3 is 2.83 bits per heavy atom. The minimum atomic E-state index is -1.09. The van der Waals surface area contributed by atoms with E-state index in [0.29, 0.717) is 40.4 Å². The number of anilines is 1. The van der Waals surface area contributed by atoms with E-state index in [-0.39, 0.29) is 61.3 Å². The lowest BCUT2D eigenvalue weighted by atomic mass is 9.84. The molecule has 13 heteroatoms. The molecule has 2 unspecified atom stereocenters. The van der Waals surface area contributed by atoms with Crippen molar-refractivity contribution >= 4 is 45.0 Å². The second-order valence-corrected chi connectivity index (χ2v) is 12.8. The molecule has 3 saturated heterocycles. The number of rotatable bonds is 7. The number of piperazine rings is 1. The van der Waals surface area contributed by atoms with Crippen LogP contribution >= 0.6 is 11.6 Å². The molecular weight excluding hydrogens is 628 g/mol. The van der Waals surface area contributed by atoms with Gasteiger partial charge in [-0.2, -0.15) is 15.2 Å². The van der Waals surface area contributed by atoms with Crippen molar-refractivity contribution in [3.8, 4) is 23.3 Å². The fraction of sp³-hybridized carbons (Fsp3) is 0.382. The third-order valence-corrected chi connectivity index (χ3v) is 10.0. The molecule has 0 bridgehead atoms. The molecule has 242 valence electrons. The first kappa shape index (κ1) is 31.2. The van der Waals surface area contributed by atoms with Gasteiger partial charge in [-0.15, -0.1) is 0 Å². The van der Waals surface area contributed by atoms with Crippen LogP contribution in [-0.4, -0.2) is 95.8 Å². The van der Waals surface area contributed by atoms with Gasteiger partial charge in [0.05, 0.1) is 37.1 Å². The first-order valence-electron chi connectivity index (χ1n) is 15.4. The maximum absolute atomic E-state index is 16.8. The predicted octanol–water partition coefficient (Wildman–Crippen LogP) is 5.15. The molecule has 7 rings (SSSR count). The molecule has 4 aromatic rings. The summed E-state index contributed by atoms with van der Waals surface area (Å²) in [6, 6.07) is 12.6. The van der Waals surface area contributed by atoms with Gasteiger partial charge in [-0.05, 0) is 31.5 Å². The fourth-order valence-electron chi connectivity index (χ4n) is 7.21. The van der Waals surface area contributed by atoms with Crippen LogP contribution in [0.15, 0.2) is 55.0 Å². The van der Waals surface area contributed by atoms with E-state index in [2.05, 4.69) is 34.6 Å². The van der Waals surface area contributed by atoms with Gasteiger partial charge in [0.25, 0.3) is 5.91 Å². The standard InChI is InChI=1S/C34H32ClF2N7O3/c1-20(36)32(45)44-14-13-43(16-22(44)9-11-38)31-24-15-39-29(23-7-3-5-21-6-4-8-25(35)27(21)23)28(37)30(24)40-33(41-31)47-19-34-10-12-42(2)26(34)17-46-18-34/h3-8,15,22,26H,1,9-10,12-14,16-19H2,2H3/t22-,26?,34?/m0/s1. The number of carbonyl (C=O) groups excluding carboxylic acids is 1. The third kappa shape index (κ3) is 5.42. The number of pyridine rings is 1. The van der Waals surface area contributed by atoms with E-state index >= 15 is 4.39 Å². The van der Waals surface area contributed by atoms with Crippen LogP contribution in [-0.2, 0) is 9.53 Å². The molecule has 0 spiro atoms. The average molecular weight is 660 g/mol. The average Bonchev–Trinajstić information content (AvgIpc) is 3.63.